The van der Waals surface area contributed by atoms with E-state index in [1.54, 1.807) is 14.0 Å². The zero-order chi connectivity index (χ0) is 14.8. The van der Waals surface area contributed by atoms with Crippen molar-refractivity contribution >= 4 is 11.8 Å². The average molecular weight is 278 g/mol. The van der Waals surface area contributed by atoms with Crippen LogP contribution in [0.5, 0.6) is 5.75 Å². The van der Waals surface area contributed by atoms with Gasteiger partial charge in [0.15, 0.2) is 0 Å². The van der Waals surface area contributed by atoms with Gasteiger partial charge in [-0.2, -0.15) is 0 Å². The number of esters is 1. The number of benzene rings is 1. The SMILES string of the molecule is CCOC(=O)CCC(=O)CCCc1ccc(OC)cc1. The highest BCUT2D eigenvalue weighted by atomic mass is 16.5. The van der Waals surface area contributed by atoms with Crippen LogP contribution in [-0.2, 0) is 20.7 Å². The summed E-state index contributed by atoms with van der Waals surface area (Å²) in [7, 11) is 1.64. The molecule has 0 saturated heterocycles. The summed E-state index contributed by atoms with van der Waals surface area (Å²) in [6.07, 6.45) is 2.63. The number of Topliss-reactive ketones (excluding diaryl/α,β-unsaturated/α-hetero) is 1. The summed E-state index contributed by atoms with van der Waals surface area (Å²) < 4.78 is 9.87. The van der Waals surface area contributed by atoms with Crippen LogP contribution in [0.1, 0.15) is 38.2 Å². The number of hydrogen-bond donors (Lipinski definition) is 0. The van der Waals surface area contributed by atoms with Gasteiger partial charge in [-0.25, -0.2) is 0 Å². The van der Waals surface area contributed by atoms with Crippen LogP contribution in [0.25, 0.3) is 0 Å². The number of aryl methyl sites for hydroxylation is 1. The molecule has 0 radical (unpaired) electrons. The molecule has 0 heterocycles. The van der Waals surface area contributed by atoms with Crippen LogP contribution >= 0.6 is 0 Å². The Labute approximate surface area is 120 Å². The molecule has 1 rings (SSSR count). The van der Waals surface area contributed by atoms with Gasteiger partial charge in [0, 0.05) is 12.8 Å². The molecule has 0 unspecified atom stereocenters. The fourth-order valence-corrected chi connectivity index (χ4v) is 1.88. The van der Waals surface area contributed by atoms with Crippen LogP contribution in [0, 0.1) is 0 Å². The number of ether oxygens (including phenoxy) is 2. The van der Waals surface area contributed by atoms with Crippen LogP contribution in [0.4, 0.5) is 0 Å². The predicted molar refractivity (Wildman–Crippen MR) is 76.8 cm³/mol. The second-order valence-electron chi connectivity index (χ2n) is 4.55. The fourth-order valence-electron chi connectivity index (χ4n) is 1.88. The quantitative estimate of drug-likeness (QED) is 0.652. The van der Waals surface area contributed by atoms with Crippen molar-refractivity contribution in [2.24, 2.45) is 0 Å². The molecule has 0 bridgehead atoms. The number of methoxy groups -OCH3 is 1. The van der Waals surface area contributed by atoms with Gasteiger partial charge in [-0.1, -0.05) is 12.1 Å². The van der Waals surface area contributed by atoms with Crippen LogP contribution in [-0.4, -0.2) is 25.5 Å². The van der Waals surface area contributed by atoms with E-state index in [0.717, 1.165) is 18.6 Å². The normalized spacial score (nSPS) is 10.1. The second-order valence-corrected chi connectivity index (χ2v) is 4.55. The van der Waals surface area contributed by atoms with Crippen LogP contribution in [0.15, 0.2) is 24.3 Å². The molecule has 1 aromatic rings. The highest BCUT2D eigenvalue weighted by Crippen LogP contribution is 2.13. The number of carbonyl (C=O) groups is 2. The Kier molecular flexibility index (Phi) is 7.40. The Morgan fingerprint density at radius 2 is 1.75 bits per heavy atom. The van der Waals surface area contributed by atoms with E-state index in [4.69, 9.17) is 9.47 Å². The van der Waals surface area contributed by atoms with E-state index in [9.17, 15) is 9.59 Å². The van der Waals surface area contributed by atoms with Crippen molar-refractivity contribution in [2.45, 2.75) is 39.0 Å². The first-order valence-electron chi connectivity index (χ1n) is 6.96. The average Bonchev–Trinajstić information content (AvgIpc) is 2.46. The van der Waals surface area contributed by atoms with E-state index in [1.807, 2.05) is 24.3 Å². The van der Waals surface area contributed by atoms with Gasteiger partial charge in [-0.3, -0.25) is 9.59 Å². The molecule has 0 saturated carbocycles. The largest absolute Gasteiger partial charge is 0.497 e. The van der Waals surface area contributed by atoms with Gasteiger partial charge in [0.25, 0.3) is 0 Å². The van der Waals surface area contributed by atoms with Gasteiger partial charge in [-0.15, -0.1) is 0 Å². The Morgan fingerprint density at radius 3 is 2.35 bits per heavy atom. The first kappa shape index (κ1) is 16.2. The van der Waals surface area contributed by atoms with E-state index in [0.29, 0.717) is 13.0 Å². The third-order valence-corrected chi connectivity index (χ3v) is 2.99. The van der Waals surface area contributed by atoms with Gasteiger partial charge in [-0.05, 0) is 37.5 Å². The van der Waals surface area contributed by atoms with Gasteiger partial charge in [0.05, 0.1) is 20.1 Å². The van der Waals surface area contributed by atoms with E-state index < -0.39 is 0 Å². The van der Waals surface area contributed by atoms with E-state index in [1.165, 1.54) is 5.56 Å². The molecular formula is C16H22O4. The first-order valence-corrected chi connectivity index (χ1v) is 6.96. The van der Waals surface area contributed by atoms with Crippen molar-refractivity contribution in [3.63, 3.8) is 0 Å². The molecule has 1 aromatic carbocycles. The molecule has 0 amide bonds. The molecule has 4 nitrogen and oxygen atoms in total. The molecule has 0 aliphatic heterocycles. The molecule has 0 atom stereocenters. The van der Waals surface area contributed by atoms with Crippen molar-refractivity contribution in [2.75, 3.05) is 13.7 Å². The maximum atomic E-state index is 11.6. The molecule has 0 aliphatic carbocycles. The van der Waals surface area contributed by atoms with E-state index in [-0.39, 0.29) is 24.6 Å². The maximum absolute atomic E-state index is 11.6. The third kappa shape index (κ3) is 6.36. The number of hydrogen-bond acceptors (Lipinski definition) is 4. The Balaban J connectivity index is 2.19. The van der Waals surface area contributed by atoms with Gasteiger partial charge >= 0.3 is 5.97 Å². The molecule has 0 fully saturated rings. The van der Waals surface area contributed by atoms with Crippen LogP contribution in [0.3, 0.4) is 0 Å². The van der Waals surface area contributed by atoms with Gasteiger partial charge < -0.3 is 9.47 Å². The summed E-state index contributed by atoms with van der Waals surface area (Å²) in [5, 5.41) is 0. The zero-order valence-electron chi connectivity index (χ0n) is 12.2. The van der Waals surface area contributed by atoms with Crippen molar-refractivity contribution in [1.82, 2.24) is 0 Å². The molecule has 20 heavy (non-hydrogen) atoms. The topological polar surface area (TPSA) is 52.6 Å². The smallest absolute Gasteiger partial charge is 0.306 e. The van der Waals surface area contributed by atoms with Crippen molar-refractivity contribution < 1.29 is 19.1 Å². The molecule has 0 aromatic heterocycles. The molecule has 110 valence electrons. The summed E-state index contributed by atoms with van der Waals surface area (Å²) in [5.41, 5.74) is 1.18. The molecule has 0 N–H and O–H groups in total. The lowest BCUT2D eigenvalue weighted by molar-refractivity contribution is -0.144. The lowest BCUT2D eigenvalue weighted by Crippen LogP contribution is -2.07. The Morgan fingerprint density at radius 1 is 1.05 bits per heavy atom. The maximum Gasteiger partial charge on any atom is 0.306 e. The van der Waals surface area contributed by atoms with Crippen molar-refractivity contribution in [3.8, 4) is 5.75 Å². The third-order valence-electron chi connectivity index (χ3n) is 2.99. The second kappa shape index (κ2) is 9.13. The molecular weight excluding hydrogens is 256 g/mol. The van der Waals surface area contributed by atoms with Gasteiger partial charge in [0.1, 0.15) is 11.5 Å². The summed E-state index contributed by atoms with van der Waals surface area (Å²) in [4.78, 5) is 22.7. The van der Waals surface area contributed by atoms with Crippen LogP contribution < -0.4 is 4.74 Å². The summed E-state index contributed by atoms with van der Waals surface area (Å²) in [6, 6.07) is 7.83. The number of carbonyl (C=O) groups excluding carboxylic acids is 2. The summed E-state index contributed by atoms with van der Waals surface area (Å²) in [6.45, 7) is 2.12. The Hall–Kier alpha value is -1.84. The summed E-state index contributed by atoms with van der Waals surface area (Å²) >= 11 is 0. The predicted octanol–water partition coefficient (Wildman–Crippen LogP) is 2.93. The number of ketones is 1. The molecule has 4 heteroatoms. The zero-order valence-corrected chi connectivity index (χ0v) is 12.2. The lowest BCUT2D eigenvalue weighted by atomic mass is 10.0. The summed E-state index contributed by atoms with van der Waals surface area (Å²) in [5.74, 6) is 0.654. The van der Waals surface area contributed by atoms with Crippen molar-refractivity contribution in [3.05, 3.63) is 29.8 Å². The van der Waals surface area contributed by atoms with E-state index >= 15 is 0 Å². The first-order chi connectivity index (χ1) is 9.65. The Bertz CT molecular complexity index is 423. The molecule has 0 spiro atoms. The minimum atomic E-state index is -0.295. The standard InChI is InChI=1S/C16H22O4/c1-3-20-16(18)12-9-14(17)6-4-5-13-7-10-15(19-2)11-8-13/h7-8,10-11H,3-6,9,12H2,1-2H3. The van der Waals surface area contributed by atoms with Crippen LogP contribution in [0.2, 0.25) is 0 Å². The highest BCUT2D eigenvalue weighted by Gasteiger charge is 2.07. The minimum Gasteiger partial charge on any atom is -0.497 e. The van der Waals surface area contributed by atoms with Crippen molar-refractivity contribution in [1.29, 1.82) is 0 Å². The highest BCUT2D eigenvalue weighted by molar-refractivity contribution is 5.82. The monoisotopic (exact) mass is 278 g/mol. The lowest BCUT2D eigenvalue weighted by Gasteiger charge is -2.04. The minimum absolute atomic E-state index is 0.117. The van der Waals surface area contributed by atoms with E-state index in [2.05, 4.69) is 0 Å². The van der Waals surface area contributed by atoms with Gasteiger partial charge in [0.2, 0.25) is 0 Å². The number of rotatable bonds is 9. The fraction of sp³-hybridized carbons (Fsp3) is 0.500. The molecule has 0 aliphatic rings.